The van der Waals surface area contributed by atoms with Gasteiger partial charge in [0.05, 0.1) is 18.6 Å². The number of esters is 1. The van der Waals surface area contributed by atoms with Gasteiger partial charge in [-0.3, -0.25) is 10.1 Å². The number of amides is 2. The molecule has 3 rings (SSSR count). The number of carbonyl (C=O) groups excluding carboxylic acids is 2. The topological polar surface area (TPSA) is 115 Å². The molecule has 2 aromatic rings. The van der Waals surface area contributed by atoms with Crippen molar-refractivity contribution in [1.29, 1.82) is 0 Å². The molecule has 2 amide bonds. The van der Waals surface area contributed by atoms with Crippen LogP contribution in [0.5, 0.6) is 0 Å². The summed E-state index contributed by atoms with van der Waals surface area (Å²) in [6.07, 6.45) is 5.07. The first-order valence-corrected chi connectivity index (χ1v) is 10.2. The molecule has 29 heavy (non-hydrogen) atoms. The van der Waals surface area contributed by atoms with Gasteiger partial charge in [0, 0.05) is 29.2 Å². The van der Waals surface area contributed by atoms with E-state index in [-0.39, 0.29) is 30.0 Å². The molecule has 1 heterocycles. The average Bonchev–Trinajstić information content (AvgIpc) is 3.21. The number of carbonyl (C=O) groups is 2. The SMILES string of the molecule is COC(=O)c1csc(CN(C(=O)Nc2ccc([N+](=O)[O-])cc2)C2CCCCC2)n1. The Bertz CT molecular complexity index is 877. The molecule has 1 aromatic carbocycles. The Hall–Kier alpha value is -3.01. The van der Waals surface area contributed by atoms with E-state index in [1.54, 1.807) is 10.3 Å². The number of nitrogens with one attached hydrogen (secondary N) is 1. The molecule has 1 fully saturated rings. The van der Waals surface area contributed by atoms with Gasteiger partial charge in [-0.25, -0.2) is 14.6 Å². The summed E-state index contributed by atoms with van der Waals surface area (Å²) in [5.74, 6) is -0.507. The Morgan fingerprint density at radius 1 is 1.28 bits per heavy atom. The number of nitrogens with zero attached hydrogens (tertiary/aromatic N) is 3. The lowest BCUT2D eigenvalue weighted by Crippen LogP contribution is -2.43. The summed E-state index contributed by atoms with van der Waals surface area (Å²) in [4.78, 5) is 41.0. The monoisotopic (exact) mass is 418 g/mol. The summed E-state index contributed by atoms with van der Waals surface area (Å²) < 4.78 is 4.69. The summed E-state index contributed by atoms with van der Waals surface area (Å²) in [5.41, 5.74) is 0.674. The van der Waals surface area contributed by atoms with E-state index in [0.29, 0.717) is 10.7 Å². The van der Waals surface area contributed by atoms with Crippen molar-refractivity contribution in [3.05, 3.63) is 50.5 Å². The van der Waals surface area contributed by atoms with E-state index in [1.807, 2.05) is 0 Å². The van der Waals surface area contributed by atoms with Crippen LogP contribution in [0.2, 0.25) is 0 Å². The van der Waals surface area contributed by atoms with Gasteiger partial charge in [-0.05, 0) is 25.0 Å². The lowest BCUT2D eigenvalue weighted by molar-refractivity contribution is -0.384. The van der Waals surface area contributed by atoms with Crippen molar-refractivity contribution in [2.45, 2.75) is 44.7 Å². The van der Waals surface area contributed by atoms with Crippen LogP contribution >= 0.6 is 11.3 Å². The van der Waals surface area contributed by atoms with Crippen LogP contribution in [0.3, 0.4) is 0 Å². The van der Waals surface area contributed by atoms with E-state index in [2.05, 4.69) is 15.0 Å². The Morgan fingerprint density at radius 2 is 1.97 bits per heavy atom. The Kier molecular flexibility index (Phi) is 6.76. The smallest absolute Gasteiger partial charge is 0.357 e. The Morgan fingerprint density at radius 3 is 2.59 bits per heavy atom. The number of nitro groups is 1. The largest absolute Gasteiger partial charge is 0.464 e. The van der Waals surface area contributed by atoms with Crippen LogP contribution in [0.4, 0.5) is 16.2 Å². The van der Waals surface area contributed by atoms with E-state index < -0.39 is 10.9 Å². The van der Waals surface area contributed by atoms with Gasteiger partial charge in [0.25, 0.3) is 5.69 Å². The minimum atomic E-state index is -0.507. The maximum atomic E-state index is 13.0. The van der Waals surface area contributed by atoms with Gasteiger partial charge in [-0.15, -0.1) is 11.3 Å². The van der Waals surface area contributed by atoms with Crippen LogP contribution in [0, 0.1) is 10.1 Å². The zero-order chi connectivity index (χ0) is 20.8. The standard InChI is InChI=1S/C19H22N4O5S/c1-28-18(24)16-12-29-17(21-16)11-22(14-5-3-2-4-6-14)19(25)20-13-7-9-15(10-8-13)23(26)27/h7-10,12,14H,2-6,11H2,1H3,(H,20,25). The minimum Gasteiger partial charge on any atom is -0.464 e. The van der Waals surface area contributed by atoms with Gasteiger partial charge in [0.1, 0.15) is 5.01 Å². The number of methoxy groups -OCH3 is 1. The van der Waals surface area contributed by atoms with Gasteiger partial charge in [-0.1, -0.05) is 19.3 Å². The number of anilines is 1. The van der Waals surface area contributed by atoms with E-state index in [1.165, 1.54) is 42.7 Å². The van der Waals surface area contributed by atoms with Crippen LogP contribution in [-0.2, 0) is 11.3 Å². The zero-order valence-corrected chi connectivity index (χ0v) is 16.8. The second-order valence-electron chi connectivity index (χ2n) is 6.77. The molecule has 0 aliphatic heterocycles. The molecule has 0 radical (unpaired) electrons. The molecule has 1 aliphatic carbocycles. The fourth-order valence-electron chi connectivity index (χ4n) is 3.35. The quantitative estimate of drug-likeness (QED) is 0.427. The summed E-state index contributed by atoms with van der Waals surface area (Å²) in [6.45, 7) is 0.283. The third-order valence-corrected chi connectivity index (χ3v) is 5.69. The predicted molar refractivity (Wildman–Crippen MR) is 108 cm³/mol. The highest BCUT2D eigenvalue weighted by molar-refractivity contribution is 7.09. The predicted octanol–water partition coefficient (Wildman–Crippen LogP) is 4.20. The molecule has 0 bridgehead atoms. The first-order chi connectivity index (χ1) is 14.0. The van der Waals surface area contributed by atoms with Crippen molar-refractivity contribution in [2.24, 2.45) is 0 Å². The molecule has 1 aromatic heterocycles. The molecule has 0 atom stereocenters. The second kappa shape index (κ2) is 9.46. The van der Waals surface area contributed by atoms with Gasteiger partial charge >= 0.3 is 12.0 Å². The van der Waals surface area contributed by atoms with Crippen LogP contribution in [0.1, 0.15) is 47.6 Å². The highest BCUT2D eigenvalue weighted by atomic mass is 32.1. The van der Waals surface area contributed by atoms with Crippen LogP contribution in [0.15, 0.2) is 29.6 Å². The molecule has 0 unspecified atom stereocenters. The first-order valence-electron chi connectivity index (χ1n) is 9.32. The molecule has 10 heteroatoms. The molecule has 9 nitrogen and oxygen atoms in total. The molecule has 0 saturated heterocycles. The van der Waals surface area contributed by atoms with E-state index in [9.17, 15) is 19.7 Å². The third-order valence-electron chi connectivity index (χ3n) is 4.86. The number of hydrogen-bond donors (Lipinski definition) is 1. The average molecular weight is 418 g/mol. The first kappa shape index (κ1) is 20.7. The van der Waals surface area contributed by atoms with Crippen molar-refractivity contribution in [3.8, 4) is 0 Å². The van der Waals surface area contributed by atoms with E-state index in [4.69, 9.17) is 0 Å². The zero-order valence-electron chi connectivity index (χ0n) is 16.0. The molecular formula is C19H22N4O5S. The maximum Gasteiger partial charge on any atom is 0.357 e. The van der Waals surface area contributed by atoms with Gasteiger partial charge < -0.3 is 15.0 Å². The number of urea groups is 1. The van der Waals surface area contributed by atoms with Crippen molar-refractivity contribution in [3.63, 3.8) is 0 Å². The normalized spacial score (nSPS) is 14.2. The molecule has 154 valence electrons. The number of non-ortho nitro benzene ring substituents is 1. The third kappa shape index (κ3) is 5.29. The van der Waals surface area contributed by atoms with Crippen molar-refractivity contribution in [2.75, 3.05) is 12.4 Å². The van der Waals surface area contributed by atoms with Crippen molar-refractivity contribution < 1.29 is 19.2 Å². The lowest BCUT2D eigenvalue weighted by atomic mass is 9.94. The maximum absolute atomic E-state index is 13.0. The number of ether oxygens (including phenoxy) is 1. The van der Waals surface area contributed by atoms with Crippen LogP contribution < -0.4 is 5.32 Å². The number of hydrogen-bond acceptors (Lipinski definition) is 7. The number of aromatic nitrogens is 1. The number of thiazole rings is 1. The highest BCUT2D eigenvalue weighted by Gasteiger charge is 2.27. The van der Waals surface area contributed by atoms with Crippen molar-refractivity contribution >= 4 is 34.7 Å². The summed E-state index contributed by atoms with van der Waals surface area (Å²) in [7, 11) is 1.30. The van der Waals surface area contributed by atoms with Crippen LogP contribution in [0.25, 0.3) is 0 Å². The number of nitro benzene ring substituents is 1. The molecular weight excluding hydrogens is 396 g/mol. The lowest BCUT2D eigenvalue weighted by Gasteiger charge is -2.33. The fraction of sp³-hybridized carbons (Fsp3) is 0.421. The number of benzene rings is 1. The van der Waals surface area contributed by atoms with Gasteiger partial charge in [-0.2, -0.15) is 0 Å². The highest BCUT2D eigenvalue weighted by Crippen LogP contribution is 2.26. The van der Waals surface area contributed by atoms with E-state index >= 15 is 0 Å². The summed E-state index contributed by atoms with van der Waals surface area (Å²) >= 11 is 1.31. The Labute approximate surface area is 171 Å². The fourth-order valence-corrected chi connectivity index (χ4v) is 4.11. The summed E-state index contributed by atoms with van der Waals surface area (Å²) in [5, 5.41) is 15.9. The second-order valence-corrected chi connectivity index (χ2v) is 7.71. The van der Waals surface area contributed by atoms with Gasteiger partial charge in [0.2, 0.25) is 0 Å². The van der Waals surface area contributed by atoms with Gasteiger partial charge in [0.15, 0.2) is 5.69 Å². The summed E-state index contributed by atoms with van der Waals surface area (Å²) in [6, 6.07) is 5.50. The van der Waals surface area contributed by atoms with Crippen molar-refractivity contribution in [1.82, 2.24) is 9.88 Å². The molecule has 1 aliphatic rings. The molecule has 1 saturated carbocycles. The molecule has 0 spiro atoms. The minimum absolute atomic E-state index is 0.0368. The molecule has 1 N–H and O–H groups in total. The van der Waals surface area contributed by atoms with Crippen LogP contribution in [-0.4, -0.2) is 40.0 Å². The Balaban J connectivity index is 1.75. The van der Waals surface area contributed by atoms with E-state index in [0.717, 1.165) is 32.1 Å². The number of rotatable bonds is 6.